The minimum Gasteiger partial charge on any atom is -0.507 e. The molecule has 2 atom stereocenters. The van der Waals surface area contributed by atoms with E-state index in [0.717, 1.165) is 16.7 Å². The highest BCUT2D eigenvalue weighted by molar-refractivity contribution is 8.01. The largest absolute Gasteiger partial charge is 0.507 e. The Labute approximate surface area is 236 Å². The van der Waals surface area contributed by atoms with Crippen LogP contribution >= 0.6 is 23.5 Å². The molecule has 1 aromatic carbocycles. The van der Waals surface area contributed by atoms with Crippen LogP contribution in [0.15, 0.2) is 33.6 Å². The highest BCUT2D eigenvalue weighted by atomic mass is 32.2. The first kappa shape index (κ1) is 29.1. The number of carbonyl (C=O) groups is 2. The van der Waals surface area contributed by atoms with Crippen LogP contribution in [0, 0.1) is 0 Å². The van der Waals surface area contributed by atoms with Gasteiger partial charge in [0, 0.05) is 43.0 Å². The third-order valence-electron chi connectivity index (χ3n) is 6.71. The molecule has 0 aliphatic carbocycles. The second-order valence-corrected chi connectivity index (χ2v) is 13.6. The number of rotatable bonds is 7. The lowest BCUT2D eigenvalue weighted by molar-refractivity contribution is -0.182. The van der Waals surface area contributed by atoms with E-state index in [1.807, 2.05) is 53.7 Å². The average Bonchev–Trinajstić information content (AvgIpc) is 3.26. The van der Waals surface area contributed by atoms with E-state index in [1.54, 1.807) is 13.3 Å². The summed E-state index contributed by atoms with van der Waals surface area (Å²) < 4.78 is 7.19. The molecule has 2 aliphatic rings. The van der Waals surface area contributed by atoms with Crippen molar-refractivity contribution in [3.05, 3.63) is 40.1 Å². The Balaban J connectivity index is 1.67. The Hall–Kier alpha value is -2.90. The molecule has 210 valence electrons. The van der Waals surface area contributed by atoms with Crippen molar-refractivity contribution < 1.29 is 24.5 Å². The maximum atomic E-state index is 13.5. The number of amides is 1. The van der Waals surface area contributed by atoms with Crippen molar-refractivity contribution in [2.75, 3.05) is 18.6 Å². The molecular weight excluding hydrogens is 540 g/mol. The molecule has 0 spiro atoms. The number of β-lactam (4-membered cyclic amide) rings is 1. The lowest BCUT2D eigenvalue weighted by atomic mass is 9.78. The summed E-state index contributed by atoms with van der Waals surface area (Å²) in [5.41, 5.74) is 0.595. The summed E-state index contributed by atoms with van der Waals surface area (Å²) in [6.07, 6.45) is 1.58. The monoisotopic (exact) mass is 574 g/mol. The number of carboxylic acids is 1. The van der Waals surface area contributed by atoms with E-state index in [1.165, 1.54) is 40.2 Å². The van der Waals surface area contributed by atoms with E-state index in [0.29, 0.717) is 22.2 Å². The fraction of sp³-hybridized carbons (Fsp3) is 0.538. The van der Waals surface area contributed by atoms with Gasteiger partial charge in [0.1, 0.15) is 16.8 Å². The molecule has 2 aromatic rings. The van der Waals surface area contributed by atoms with Crippen LogP contribution < -0.4 is 0 Å². The van der Waals surface area contributed by atoms with Crippen molar-refractivity contribution in [2.45, 2.75) is 68.6 Å². The van der Waals surface area contributed by atoms with Gasteiger partial charge in [-0.15, -0.1) is 16.9 Å². The van der Waals surface area contributed by atoms with E-state index < -0.39 is 23.0 Å². The zero-order valence-corrected chi connectivity index (χ0v) is 25.0. The molecular formula is C26H34N6O5S2. The van der Waals surface area contributed by atoms with Crippen LogP contribution in [-0.2, 0) is 32.2 Å². The summed E-state index contributed by atoms with van der Waals surface area (Å²) in [7, 11) is 3.11. The van der Waals surface area contributed by atoms with Crippen molar-refractivity contribution in [1.82, 2.24) is 25.1 Å². The van der Waals surface area contributed by atoms with E-state index >= 15 is 0 Å². The van der Waals surface area contributed by atoms with Gasteiger partial charge in [-0.1, -0.05) is 53.3 Å². The topological polar surface area (TPSA) is 143 Å². The Kier molecular flexibility index (Phi) is 7.65. The summed E-state index contributed by atoms with van der Waals surface area (Å²) in [4.78, 5) is 31.7. The zero-order valence-electron chi connectivity index (χ0n) is 23.3. The van der Waals surface area contributed by atoms with Gasteiger partial charge in [-0.3, -0.25) is 9.69 Å². The number of benzene rings is 1. The third-order valence-corrected chi connectivity index (χ3v) is 9.17. The zero-order chi connectivity index (χ0) is 28.9. The molecule has 11 nitrogen and oxygen atoms in total. The average molecular weight is 575 g/mol. The van der Waals surface area contributed by atoms with Gasteiger partial charge in [0.05, 0.1) is 0 Å². The van der Waals surface area contributed by atoms with E-state index in [-0.39, 0.29) is 22.3 Å². The van der Waals surface area contributed by atoms with Crippen molar-refractivity contribution in [2.24, 2.45) is 12.0 Å². The molecule has 1 aromatic heterocycles. The van der Waals surface area contributed by atoms with Gasteiger partial charge in [-0.25, -0.2) is 14.5 Å². The highest BCUT2D eigenvalue weighted by Crippen LogP contribution is 2.49. The predicted octanol–water partition coefficient (Wildman–Crippen LogP) is 3.32. The Morgan fingerprint density at radius 3 is 2.36 bits per heavy atom. The summed E-state index contributed by atoms with van der Waals surface area (Å²) in [5.74, 6) is -0.763. The van der Waals surface area contributed by atoms with Gasteiger partial charge in [0.25, 0.3) is 11.6 Å². The quantitative estimate of drug-likeness (QED) is 0.287. The number of fused-ring (bicyclic) bond motifs is 1. The van der Waals surface area contributed by atoms with Crippen LogP contribution in [0.5, 0.6) is 5.75 Å². The van der Waals surface area contributed by atoms with Gasteiger partial charge < -0.3 is 14.9 Å². The first-order valence-electron chi connectivity index (χ1n) is 12.4. The van der Waals surface area contributed by atoms with Crippen molar-refractivity contribution >= 4 is 41.6 Å². The van der Waals surface area contributed by atoms with Crippen molar-refractivity contribution in [3.8, 4) is 5.75 Å². The lowest BCUT2D eigenvalue weighted by Crippen LogP contribution is -2.73. The molecule has 2 N–H and O–H groups in total. The van der Waals surface area contributed by atoms with Crippen LogP contribution in [0.4, 0.5) is 0 Å². The second kappa shape index (κ2) is 10.3. The number of carbonyl (C=O) groups excluding carboxylic acids is 1. The highest BCUT2D eigenvalue weighted by Gasteiger charge is 2.66. The Bertz CT molecular complexity index is 1340. The normalized spacial score (nSPS) is 21.9. The predicted molar refractivity (Wildman–Crippen MR) is 150 cm³/mol. The molecule has 0 saturated carbocycles. The molecule has 1 fully saturated rings. The fourth-order valence-corrected chi connectivity index (χ4v) is 7.00. The van der Waals surface area contributed by atoms with Crippen LogP contribution in [0.3, 0.4) is 0 Å². The molecule has 0 unspecified atom stereocenters. The minimum absolute atomic E-state index is 0.0519. The molecule has 13 heteroatoms. The number of aromatic nitrogens is 4. The smallest absolute Gasteiger partial charge is 0.352 e. The number of nitrogens with zero attached hydrogens (tertiary/aromatic N) is 6. The standard InChI is InChI=1S/C26H34N6O5S2/c1-24(2,3)16-9-14(10-17(19(16)33)25(4,5)6)11-27-26(37-8)21(36)32-18(20(34)35)15(12-38-22(26)32)13-39-23-28-29-30-31(23)7/h9-11,22,33H,12-13H2,1-8H3,(H,34,35)/t22-,26-/m0/s1. The van der Waals surface area contributed by atoms with E-state index in [9.17, 15) is 19.8 Å². The van der Waals surface area contributed by atoms with Crippen LogP contribution in [0.1, 0.15) is 58.2 Å². The number of phenols is 1. The van der Waals surface area contributed by atoms with Gasteiger partial charge in [-0.2, -0.15) is 0 Å². The Morgan fingerprint density at radius 2 is 1.87 bits per heavy atom. The third kappa shape index (κ3) is 5.19. The Morgan fingerprint density at radius 1 is 1.26 bits per heavy atom. The maximum Gasteiger partial charge on any atom is 0.352 e. The maximum absolute atomic E-state index is 13.5. The molecule has 0 bridgehead atoms. The van der Waals surface area contributed by atoms with E-state index in [2.05, 4.69) is 20.5 Å². The molecule has 4 rings (SSSR count). The van der Waals surface area contributed by atoms with Gasteiger partial charge in [0.15, 0.2) is 0 Å². The minimum atomic E-state index is -1.56. The SMILES string of the molecule is CO[C@@]1(N=Cc2cc(C(C)(C)C)c(O)c(C(C)(C)C)c2)C(=O)N2C(C(=O)O)=C(CSc3nnnn3C)CS[C@H]21. The number of ether oxygens (including phenoxy) is 1. The van der Waals surface area contributed by atoms with Gasteiger partial charge >= 0.3 is 5.97 Å². The summed E-state index contributed by atoms with van der Waals surface area (Å²) in [6.45, 7) is 12.1. The number of carboxylic acid groups (broad SMARTS) is 1. The lowest BCUT2D eigenvalue weighted by Gasteiger charge is -2.53. The number of aryl methyl sites for hydroxylation is 1. The fourth-order valence-electron chi connectivity index (χ4n) is 4.58. The number of phenolic OH excluding ortho intramolecular Hbond substituents is 1. The molecule has 1 saturated heterocycles. The molecule has 3 heterocycles. The van der Waals surface area contributed by atoms with Crippen molar-refractivity contribution in [1.29, 1.82) is 0 Å². The number of hydrogen-bond acceptors (Lipinski definition) is 10. The molecule has 0 radical (unpaired) electrons. The summed E-state index contributed by atoms with van der Waals surface area (Å²) >= 11 is 2.71. The first-order valence-corrected chi connectivity index (χ1v) is 14.4. The van der Waals surface area contributed by atoms with E-state index in [4.69, 9.17) is 4.74 Å². The van der Waals surface area contributed by atoms with Gasteiger partial charge in [0.2, 0.25) is 5.16 Å². The van der Waals surface area contributed by atoms with Crippen LogP contribution in [0.25, 0.3) is 0 Å². The molecule has 2 aliphatic heterocycles. The number of aromatic hydroxyl groups is 1. The number of aliphatic carboxylic acids is 1. The number of tetrazole rings is 1. The number of aliphatic imine (C=N–C) groups is 1. The van der Waals surface area contributed by atoms with Crippen LogP contribution in [-0.4, -0.2) is 83.1 Å². The first-order chi connectivity index (χ1) is 18.1. The second-order valence-electron chi connectivity index (χ2n) is 11.6. The molecule has 39 heavy (non-hydrogen) atoms. The number of methoxy groups -OCH3 is 1. The molecule has 1 amide bonds. The number of thioether (sulfide) groups is 2. The number of hydrogen-bond donors (Lipinski definition) is 2. The van der Waals surface area contributed by atoms with Crippen molar-refractivity contribution in [3.63, 3.8) is 0 Å². The van der Waals surface area contributed by atoms with Crippen LogP contribution in [0.2, 0.25) is 0 Å². The summed E-state index contributed by atoms with van der Waals surface area (Å²) in [5, 5.41) is 32.3. The summed E-state index contributed by atoms with van der Waals surface area (Å²) in [6, 6.07) is 3.73. The van der Waals surface area contributed by atoms with Gasteiger partial charge in [-0.05, 0) is 44.5 Å².